The van der Waals surface area contributed by atoms with Crippen molar-refractivity contribution < 1.29 is 19.1 Å². The minimum Gasteiger partial charge on any atom is -0.444 e. The van der Waals surface area contributed by atoms with Gasteiger partial charge in [0.05, 0.1) is 27.6 Å². The molecule has 50 heavy (non-hydrogen) atoms. The molecular formula is C37H49N7O4S2. The van der Waals surface area contributed by atoms with E-state index in [4.69, 9.17) is 4.74 Å². The van der Waals surface area contributed by atoms with Crippen molar-refractivity contribution in [3.05, 3.63) is 104 Å². The van der Waals surface area contributed by atoms with Crippen molar-refractivity contribution in [1.29, 1.82) is 0 Å². The van der Waals surface area contributed by atoms with Crippen molar-refractivity contribution in [3.8, 4) is 0 Å². The van der Waals surface area contributed by atoms with E-state index in [0.29, 0.717) is 44.7 Å². The van der Waals surface area contributed by atoms with Gasteiger partial charge in [-0.3, -0.25) is 9.78 Å². The van der Waals surface area contributed by atoms with E-state index in [1.165, 1.54) is 11.3 Å². The highest BCUT2D eigenvalue weighted by Crippen LogP contribution is 2.20. The van der Waals surface area contributed by atoms with E-state index >= 15 is 0 Å². The second-order valence-corrected chi connectivity index (χ2v) is 14.9. The lowest BCUT2D eigenvalue weighted by atomic mass is 9.96. The smallest absolute Gasteiger partial charge is 0.407 e. The van der Waals surface area contributed by atoms with Crippen LogP contribution in [0.25, 0.3) is 0 Å². The number of benzene rings is 2. The van der Waals surface area contributed by atoms with Crippen LogP contribution in [-0.4, -0.2) is 83.6 Å². The summed E-state index contributed by atoms with van der Waals surface area (Å²) < 4.78 is 5.49. The van der Waals surface area contributed by atoms with E-state index in [-0.39, 0.29) is 30.6 Å². The first kappa shape index (κ1) is 38.5. The second kappa shape index (κ2) is 19.8. The molecule has 0 saturated heterocycles. The van der Waals surface area contributed by atoms with Crippen LogP contribution in [-0.2, 0) is 35.5 Å². The van der Waals surface area contributed by atoms with Crippen molar-refractivity contribution in [2.24, 2.45) is 0 Å². The maximum Gasteiger partial charge on any atom is 0.407 e. The van der Waals surface area contributed by atoms with E-state index in [9.17, 15) is 14.4 Å². The third kappa shape index (κ3) is 13.2. The molecule has 13 heteroatoms. The first-order valence-corrected chi connectivity index (χ1v) is 18.6. The Labute approximate surface area is 303 Å². The van der Waals surface area contributed by atoms with E-state index in [1.807, 2.05) is 85.0 Å². The van der Waals surface area contributed by atoms with Crippen LogP contribution in [0, 0.1) is 0 Å². The number of nitrogens with zero attached hydrogens (tertiary/aromatic N) is 4. The molecule has 0 spiro atoms. The van der Waals surface area contributed by atoms with Gasteiger partial charge in [-0.25, -0.2) is 14.6 Å². The Kier molecular flexibility index (Phi) is 15.2. The van der Waals surface area contributed by atoms with Gasteiger partial charge < -0.3 is 30.5 Å². The van der Waals surface area contributed by atoms with Gasteiger partial charge >= 0.3 is 12.1 Å². The molecule has 2 heterocycles. The molecule has 0 aliphatic rings. The lowest BCUT2D eigenvalue weighted by Crippen LogP contribution is -2.56. The van der Waals surface area contributed by atoms with Crippen molar-refractivity contribution in [3.63, 3.8) is 0 Å². The van der Waals surface area contributed by atoms with Crippen molar-refractivity contribution in [2.45, 2.75) is 76.7 Å². The number of carbonyl (C=O) groups is 3. The van der Waals surface area contributed by atoms with Gasteiger partial charge in [-0.15, -0.1) is 22.7 Å². The quantitative estimate of drug-likeness (QED) is 0.118. The monoisotopic (exact) mass is 719 g/mol. The minimum absolute atomic E-state index is 0.151. The summed E-state index contributed by atoms with van der Waals surface area (Å²) in [6.45, 7) is 4.99. The first-order chi connectivity index (χ1) is 24.0. The molecule has 3 atom stereocenters. The van der Waals surface area contributed by atoms with E-state index in [2.05, 4.69) is 39.8 Å². The topological polar surface area (TPSA) is 129 Å². The van der Waals surface area contributed by atoms with Crippen molar-refractivity contribution >= 4 is 40.7 Å². The normalized spacial score (nSPS) is 13.0. The Bertz CT molecular complexity index is 1600. The van der Waals surface area contributed by atoms with Crippen LogP contribution in [0.3, 0.4) is 0 Å². The van der Waals surface area contributed by atoms with Crippen molar-refractivity contribution in [2.75, 3.05) is 27.7 Å². The number of hydrogen-bond donors (Lipinski definition) is 3. The van der Waals surface area contributed by atoms with Crippen LogP contribution >= 0.6 is 22.7 Å². The van der Waals surface area contributed by atoms with Gasteiger partial charge in [0, 0.05) is 43.2 Å². The Morgan fingerprint density at radius 2 is 1.46 bits per heavy atom. The predicted octanol–water partition coefficient (Wildman–Crippen LogP) is 5.84. The standard InChI is InChI=1S/C37H49N7O4S2/c1-26(2)35-40-31(24-49-35)21-44(5)36(46)42-33(22-43(3)4)34(45)39-29(18-27-12-8-6-9-13-27)16-17-30(19-28-14-10-7-11-15-28)41-37(47)48-23-32-20-38-25-50-32/h6-15,20,24-26,29-30,33H,16-19,21-23H2,1-5H3,(H,39,45)(H,41,47)(H,42,46). The van der Waals surface area contributed by atoms with Crippen LogP contribution in [0.5, 0.6) is 0 Å². The molecule has 2 aromatic heterocycles. The molecule has 0 aliphatic carbocycles. The highest BCUT2D eigenvalue weighted by molar-refractivity contribution is 7.09. The molecule has 4 amide bonds. The van der Waals surface area contributed by atoms with Gasteiger partial charge in [-0.1, -0.05) is 74.5 Å². The fourth-order valence-electron chi connectivity index (χ4n) is 5.40. The maximum atomic E-state index is 13.9. The number of likely N-dealkylation sites (N-methyl/N-ethyl adjacent to an activating group) is 1. The zero-order chi connectivity index (χ0) is 35.9. The molecule has 0 aliphatic heterocycles. The van der Waals surface area contributed by atoms with Gasteiger partial charge in [0.2, 0.25) is 5.91 Å². The highest BCUT2D eigenvalue weighted by atomic mass is 32.1. The number of alkyl carbamates (subject to hydrolysis) is 1. The summed E-state index contributed by atoms with van der Waals surface area (Å²) in [5, 5.41) is 12.2. The Morgan fingerprint density at radius 3 is 2.00 bits per heavy atom. The molecule has 0 bridgehead atoms. The number of hydrogen-bond acceptors (Lipinski definition) is 9. The molecule has 2 aromatic carbocycles. The Balaban J connectivity index is 1.44. The number of ether oxygens (including phenoxy) is 1. The van der Waals surface area contributed by atoms with Crippen LogP contribution in [0.4, 0.5) is 9.59 Å². The molecule has 0 fully saturated rings. The van der Waals surface area contributed by atoms with Crippen LogP contribution in [0.15, 0.2) is 77.8 Å². The second-order valence-electron chi connectivity index (χ2n) is 13.0. The number of carbonyl (C=O) groups excluding carboxylic acids is 3. The van der Waals surface area contributed by atoms with Gasteiger partial charge in [0.15, 0.2) is 0 Å². The Morgan fingerprint density at radius 1 is 0.840 bits per heavy atom. The molecular weight excluding hydrogens is 671 g/mol. The zero-order valence-electron chi connectivity index (χ0n) is 29.5. The Hall–Kier alpha value is -4.33. The van der Waals surface area contributed by atoms with E-state index < -0.39 is 12.1 Å². The summed E-state index contributed by atoms with van der Waals surface area (Å²) in [4.78, 5) is 53.1. The van der Waals surface area contributed by atoms with Crippen LogP contribution < -0.4 is 16.0 Å². The van der Waals surface area contributed by atoms with Gasteiger partial charge in [-0.2, -0.15) is 0 Å². The largest absolute Gasteiger partial charge is 0.444 e. The molecule has 3 unspecified atom stereocenters. The van der Waals surface area contributed by atoms with Gasteiger partial charge in [0.1, 0.15) is 12.6 Å². The van der Waals surface area contributed by atoms with E-state index in [1.54, 1.807) is 35.0 Å². The highest BCUT2D eigenvalue weighted by Gasteiger charge is 2.27. The first-order valence-electron chi connectivity index (χ1n) is 16.8. The predicted molar refractivity (Wildman–Crippen MR) is 199 cm³/mol. The summed E-state index contributed by atoms with van der Waals surface area (Å²) >= 11 is 3.01. The molecule has 3 N–H and O–H groups in total. The number of thiazole rings is 2. The van der Waals surface area contributed by atoms with Gasteiger partial charge in [-0.05, 0) is 50.9 Å². The van der Waals surface area contributed by atoms with E-state index in [0.717, 1.165) is 26.7 Å². The zero-order valence-corrected chi connectivity index (χ0v) is 31.1. The number of urea groups is 1. The number of amides is 4. The molecule has 11 nitrogen and oxygen atoms in total. The molecule has 4 rings (SSSR count). The average molecular weight is 720 g/mol. The fraction of sp³-hybridized carbons (Fsp3) is 0.432. The number of aromatic nitrogens is 2. The maximum absolute atomic E-state index is 13.9. The summed E-state index contributed by atoms with van der Waals surface area (Å²) in [6.07, 6.45) is 3.54. The van der Waals surface area contributed by atoms with Gasteiger partial charge in [0.25, 0.3) is 0 Å². The number of nitrogens with one attached hydrogen (secondary N) is 3. The third-order valence-electron chi connectivity index (χ3n) is 7.98. The SMILES string of the molecule is CC(C)c1nc(CN(C)C(=O)NC(CN(C)C)C(=O)NC(CCC(Cc2ccccc2)NC(=O)OCc2cncs2)Cc2ccccc2)cs1. The fourth-order valence-corrected chi connectivity index (χ4v) is 6.74. The molecule has 268 valence electrons. The number of rotatable bonds is 18. The summed E-state index contributed by atoms with van der Waals surface area (Å²) in [5.41, 5.74) is 4.68. The summed E-state index contributed by atoms with van der Waals surface area (Å²) in [5.74, 6) is 0.0472. The van der Waals surface area contributed by atoms with Crippen LogP contribution in [0.2, 0.25) is 0 Å². The summed E-state index contributed by atoms with van der Waals surface area (Å²) in [7, 11) is 5.44. The third-order valence-corrected chi connectivity index (χ3v) is 9.93. The lowest BCUT2D eigenvalue weighted by Gasteiger charge is -2.28. The lowest BCUT2D eigenvalue weighted by molar-refractivity contribution is -0.124. The minimum atomic E-state index is -0.792. The molecule has 0 radical (unpaired) electrons. The van der Waals surface area contributed by atoms with Crippen LogP contribution in [0.1, 0.15) is 59.3 Å². The average Bonchev–Trinajstić information content (AvgIpc) is 3.79. The summed E-state index contributed by atoms with van der Waals surface area (Å²) in [6, 6.07) is 18.3. The molecule has 4 aromatic rings. The molecule has 0 saturated carbocycles. The van der Waals surface area contributed by atoms with Crippen molar-refractivity contribution in [1.82, 2.24) is 35.7 Å².